The molecule has 0 aromatic heterocycles. The predicted molar refractivity (Wildman–Crippen MR) is 122 cm³/mol. The maximum atomic E-state index is 13.5. The van der Waals surface area contributed by atoms with Gasteiger partial charge in [0.15, 0.2) is 6.61 Å². The van der Waals surface area contributed by atoms with E-state index >= 15 is 0 Å². The smallest absolute Gasteiger partial charge is 0.262 e. The Labute approximate surface area is 193 Å². The maximum Gasteiger partial charge on any atom is 0.262 e. The van der Waals surface area contributed by atoms with Gasteiger partial charge >= 0.3 is 0 Å². The average Bonchev–Trinajstić information content (AvgIpc) is 2.82. The molecule has 1 N–H and O–H groups in total. The zero-order valence-corrected chi connectivity index (χ0v) is 19.4. The Morgan fingerprint density at radius 2 is 1.94 bits per heavy atom. The lowest BCUT2D eigenvalue weighted by atomic mass is 9.95. The van der Waals surface area contributed by atoms with Crippen LogP contribution in [0, 0.1) is 12.8 Å². The van der Waals surface area contributed by atoms with Crippen molar-refractivity contribution in [3.05, 3.63) is 53.1 Å². The van der Waals surface area contributed by atoms with Crippen LogP contribution in [0.2, 0.25) is 0 Å². The van der Waals surface area contributed by atoms with Crippen molar-refractivity contribution in [1.29, 1.82) is 0 Å². The minimum absolute atomic E-state index is 0.0256. The molecule has 1 fully saturated rings. The number of sulfonamides is 1. The first-order valence-electron chi connectivity index (χ1n) is 11.3. The highest BCUT2D eigenvalue weighted by molar-refractivity contribution is 7.89. The number of fused-ring (bicyclic) bond motifs is 2. The summed E-state index contributed by atoms with van der Waals surface area (Å²) in [4.78, 5) is 26.9. The monoisotopic (exact) mass is 469 g/mol. The number of carbonyl (C=O) groups is 2. The topological polar surface area (TPSA) is 96.0 Å². The zero-order chi connectivity index (χ0) is 23.2. The molecule has 0 bridgehead atoms. The number of benzene rings is 2. The van der Waals surface area contributed by atoms with Crippen LogP contribution in [-0.4, -0.2) is 55.7 Å². The molecule has 3 aliphatic rings. The summed E-state index contributed by atoms with van der Waals surface area (Å²) in [5, 5.41) is 2.70. The summed E-state index contributed by atoms with van der Waals surface area (Å²) in [6.07, 6.45) is 2.14. The molecule has 2 amide bonds. The van der Waals surface area contributed by atoms with Gasteiger partial charge in [0.05, 0.1) is 16.5 Å². The predicted octanol–water partition coefficient (Wildman–Crippen LogP) is 2.31. The number of rotatable bonds is 3. The molecule has 0 radical (unpaired) electrons. The van der Waals surface area contributed by atoms with E-state index in [0.29, 0.717) is 49.5 Å². The fourth-order valence-corrected chi connectivity index (χ4v) is 6.68. The Morgan fingerprint density at radius 3 is 2.76 bits per heavy atom. The van der Waals surface area contributed by atoms with E-state index in [9.17, 15) is 18.0 Å². The number of hydrogen-bond donors (Lipinski definition) is 1. The molecule has 174 valence electrons. The molecule has 8 nitrogen and oxygen atoms in total. The number of anilines is 1. The van der Waals surface area contributed by atoms with Crippen LogP contribution < -0.4 is 10.1 Å². The van der Waals surface area contributed by atoms with Gasteiger partial charge in [0.1, 0.15) is 5.75 Å². The number of amides is 2. The van der Waals surface area contributed by atoms with E-state index in [1.165, 1.54) is 15.9 Å². The van der Waals surface area contributed by atoms with Crippen LogP contribution in [0.25, 0.3) is 0 Å². The van der Waals surface area contributed by atoms with Gasteiger partial charge in [0.2, 0.25) is 15.9 Å². The number of hydrogen-bond acceptors (Lipinski definition) is 5. The van der Waals surface area contributed by atoms with Gasteiger partial charge in [0, 0.05) is 32.2 Å². The van der Waals surface area contributed by atoms with Crippen LogP contribution in [0.4, 0.5) is 5.69 Å². The molecule has 0 aliphatic carbocycles. The van der Waals surface area contributed by atoms with E-state index < -0.39 is 10.0 Å². The summed E-state index contributed by atoms with van der Waals surface area (Å²) >= 11 is 0. The highest BCUT2D eigenvalue weighted by Crippen LogP contribution is 2.35. The minimum Gasteiger partial charge on any atom is -0.482 e. The van der Waals surface area contributed by atoms with Crippen molar-refractivity contribution in [2.45, 2.75) is 37.6 Å². The summed E-state index contributed by atoms with van der Waals surface area (Å²) in [5.74, 6) is -0.254. The molecule has 0 saturated carbocycles. The van der Waals surface area contributed by atoms with Crippen molar-refractivity contribution < 1.29 is 22.7 Å². The Bertz CT molecular complexity index is 1230. The summed E-state index contributed by atoms with van der Waals surface area (Å²) in [7, 11) is -3.82. The average molecular weight is 470 g/mol. The van der Waals surface area contributed by atoms with Gasteiger partial charge in [-0.1, -0.05) is 24.3 Å². The first kappa shape index (κ1) is 21.9. The Kier molecular flexibility index (Phi) is 5.62. The van der Waals surface area contributed by atoms with Crippen LogP contribution in [0.3, 0.4) is 0 Å². The fraction of sp³-hybridized carbons (Fsp3) is 0.417. The molecule has 0 spiro atoms. The van der Waals surface area contributed by atoms with E-state index in [4.69, 9.17) is 4.74 Å². The molecule has 3 heterocycles. The lowest BCUT2D eigenvalue weighted by molar-refractivity contribution is -0.137. The molecule has 2 aromatic rings. The molecule has 3 aliphatic heterocycles. The van der Waals surface area contributed by atoms with Crippen LogP contribution in [-0.2, 0) is 32.6 Å². The highest BCUT2D eigenvalue weighted by atomic mass is 32.2. The van der Waals surface area contributed by atoms with E-state index in [1.54, 1.807) is 13.0 Å². The van der Waals surface area contributed by atoms with Crippen molar-refractivity contribution >= 4 is 27.5 Å². The Hall–Kier alpha value is -2.91. The maximum absolute atomic E-state index is 13.5. The van der Waals surface area contributed by atoms with Gasteiger partial charge in [-0.2, -0.15) is 4.31 Å². The largest absolute Gasteiger partial charge is 0.482 e. The molecule has 1 atom stereocenters. The van der Waals surface area contributed by atoms with Crippen LogP contribution in [0.1, 0.15) is 29.5 Å². The lowest BCUT2D eigenvalue weighted by Gasteiger charge is -2.36. The highest BCUT2D eigenvalue weighted by Gasteiger charge is 2.37. The SMILES string of the molecule is Cc1cc2c(cc1S(=O)(=O)N1CCC[C@H](C(=O)N3CCc4ccccc4C3)C1)OCC(=O)N2. The second-order valence-electron chi connectivity index (χ2n) is 8.93. The van der Waals surface area contributed by atoms with Crippen LogP contribution in [0.5, 0.6) is 5.75 Å². The molecular formula is C24H27N3O5S. The second kappa shape index (κ2) is 8.46. The van der Waals surface area contributed by atoms with E-state index in [0.717, 1.165) is 12.0 Å². The summed E-state index contributed by atoms with van der Waals surface area (Å²) in [6, 6.07) is 11.3. The fourth-order valence-electron chi connectivity index (χ4n) is 4.94. The van der Waals surface area contributed by atoms with Crippen molar-refractivity contribution in [3.63, 3.8) is 0 Å². The summed E-state index contributed by atoms with van der Waals surface area (Å²) in [5.41, 5.74) is 3.44. The molecule has 33 heavy (non-hydrogen) atoms. The quantitative estimate of drug-likeness (QED) is 0.744. The van der Waals surface area contributed by atoms with Gasteiger partial charge in [-0.3, -0.25) is 9.59 Å². The second-order valence-corrected chi connectivity index (χ2v) is 10.8. The first-order chi connectivity index (χ1) is 15.8. The third-order valence-electron chi connectivity index (χ3n) is 6.70. The summed E-state index contributed by atoms with van der Waals surface area (Å²) < 4.78 is 33.9. The van der Waals surface area contributed by atoms with E-state index in [2.05, 4.69) is 17.4 Å². The number of piperidine rings is 1. The van der Waals surface area contributed by atoms with E-state index in [-0.39, 0.29) is 35.8 Å². The van der Waals surface area contributed by atoms with Gasteiger partial charge < -0.3 is 15.0 Å². The van der Waals surface area contributed by atoms with Crippen LogP contribution in [0.15, 0.2) is 41.3 Å². The standard InChI is InChI=1S/C24H27N3O5S/c1-16-11-20-21(32-15-23(28)25-20)12-22(16)33(30,31)27-9-4-7-19(14-27)24(29)26-10-8-17-5-2-3-6-18(17)13-26/h2-3,5-6,11-12,19H,4,7-10,13-15H2,1H3,(H,25,28)/t19-/m0/s1. The number of ether oxygens (including phenoxy) is 1. The number of carbonyl (C=O) groups excluding carboxylic acids is 2. The summed E-state index contributed by atoms with van der Waals surface area (Å²) in [6.45, 7) is 3.34. The minimum atomic E-state index is -3.82. The normalized spacial score (nSPS) is 20.9. The first-order valence-corrected chi connectivity index (χ1v) is 12.7. The van der Waals surface area contributed by atoms with Crippen molar-refractivity contribution in [2.75, 3.05) is 31.6 Å². The molecule has 9 heteroatoms. The molecular weight excluding hydrogens is 442 g/mol. The Morgan fingerprint density at radius 1 is 1.15 bits per heavy atom. The number of nitrogens with one attached hydrogen (secondary N) is 1. The van der Waals surface area contributed by atoms with E-state index in [1.807, 2.05) is 17.0 Å². The van der Waals surface area contributed by atoms with Gasteiger partial charge in [0.25, 0.3) is 5.91 Å². The van der Waals surface area contributed by atoms with Crippen molar-refractivity contribution in [1.82, 2.24) is 9.21 Å². The van der Waals surface area contributed by atoms with Gasteiger partial charge in [-0.15, -0.1) is 0 Å². The number of nitrogens with zero attached hydrogens (tertiary/aromatic N) is 2. The third kappa shape index (κ3) is 4.11. The van der Waals surface area contributed by atoms with Crippen LogP contribution >= 0.6 is 0 Å². The van der Waals surface area contributed by atoms with Gasteiger partial charge in [-0.05, 0) is 48.9 Å². The van der Waals surface area contributed by atoms with Gasteiger partial charge in [-0.25, -0.2) is 8.42 Å². The zero-order valence-electron chi connectivity index (χ0n) is 18.5. The molecule has 2 aromatic carbocycles. The lowest BCUT2D eigenvalue weighted by Crippen LogP contribution is -2.47. The van der Waals surface area contributed by atoms with Crippen molar-refractivity contribution in [3.8, 4) is 5.75 Å². The molecule has 5 rings (SSSR count). The molecule has 1 saturated heterocycles. The third-order valence-corrected chi connectivity index (χ3v) is 8.71. The number of aryl methyl sites for hydroxylation is 1. The van der Waals surface area contributed by atoms with Crippen molar-refractivity contribution in [2.24, 2.45) is 5.92 Å². The molecule has 0 unspecified atom stereocenters. The Balaban J connectivity index is 1.34.